The summed E-state index contributed by atoms with van der Waals surface area (Å²) in [4.78, 5) is 29.3. The van der Waals surface area contributed by atoms with E-state index in [9.17, 15) is 9.59 Å². The van der Waals surface area contributed by atoms with Gasteiger partial charge in [-0.2, -0.15) is 0 Å². The summed E-state index contributed by atoms with van der Waals surface area (Å²) in [6, 6.07) is 2.31. The fraction of sp³-hybridized carbons (Fsp3) is 0.727. The molecule has 0 spiro atoms. The van der Waals surface area contributed by atoms with E-state index < -0.39 is 0 Å². The Hall–Kier alpha value is -1.86. The average Bonchev–Trinajstić information content (AvgIpc) is 3.43. The van der Waals surface area contributed by atoms with Gasteiger partial charge in [-0.15, -0.1) is 0 Å². The predicted molar refractivity (Wildman–Crippen MR) is 111 cm³/mol. The Labute approximate surface area is 173 Å². The van der Waals surface area contributed by atoms with Gasteiger partial charge in [0.15, 0.2) is 0 Å². The van der Waals surface area contributed by atoms with Crippen molar-refractivity contribution in [2.75, 3.05) is 39.3 Å². The van der Waals surface area contributed by atoms with Gasteiger partial charge in [0.05, 0.1) is 17.9 Å². The highest BCUT2D eigenvalue weighted by molar-refractivity contribution is 5.94. The molecule has 0 aromatic carbocycles. The Kier molecular flexibility index (Phi) is 8.55. The van der Waals surface area contributed by atoms with Crippen LogP contribution in [0.1, 0.15) is 62.2 Å². The number of likely N-dealkylation sites (tertiary alicyclic amines) is 1. The molecule has 2 amide bonds. The second kappa shape index (κ2) is 11.4. The van der Waals surface area contributed by atoms with Gasteiger partial charge in [-0.05, 0) is 51.6 Å². The van der Waals surface area contributed by atoms with Crippen molar-refractivity contribution < 1.29 is 18.7 Å². The van der Waals surface area contributed by atoms with Crippen LogP contribution in [0.25, 0.3) is 0 Å². The monoisotopic (exact) mass is 405 g/mol. The fourth-order valence-corrected chi connectivity index (χ4v) is 4.20. The summed E-state index contributed by atoms with van der Waals surface area (Å²) in [7, 11) is 0. The van der Waals surface area contributed by atoms with Crippen molar-refractivity contribution >= 4 is 11.8 Å². The molecule has 2 atom stereocenters. The smallest absolute Gasteiger partial charge is 0.257 e. The molecule has 1 aromatic rings. The minimum absolute atomic E-state index is 0.00553. The van der Waals surface area contributed by atoms with Crippen LogP contribution >= 0.6 is 0 Å². The third-order valence-corrected chi connectivity index (χ3v) is 6.00. The number of carbonyl (C=O) groups is 2. The highest BCUT2D eigenvalue weighted by atomic mass is 16.5. The van der Waals surface area contributed by atoms with Gasteiger partial charge in [0.1, 0.15) is 6.26 Å². The van der Waals surface area contributed by atoms with E-state index in [-0.39, 0.29) is 17.9 Å². The Morgan fingerprint density at radius 1 is 1.28 bits per heavy atom. The molecule has 0 saturated carbocycles. The number of hydrogen-bond donors (Lipinski definition) is 1. The van der Waals surface area contributed by atoms with Gasteiger partial charge in [0.25, 0.3) is 5.91 Å². The second-order valence-electron chi connectivity index (χ2n) is 8.23. The maximum atomic E-state index is 12.7. The normalized spacial score (nSPS) is 22.5. The third kappa shape index (κ3) is 6.85. The molecule has 2 saturated heterocycles. The van der Waals surface area contributed by atoms with Gasteiger partial charge >= 0.3 is 0 Å². The standard InChI is InChI=1S/C22H35N3O4/c1-18-6-2-3-11-24(18)12-5-10-23-21(26)8-13-25(16-20-7-4-14-29-20)22(27)19-9-15-28-17-19/h9,15,17-18,20H,2-8,10-14,16H2,1H3,(H,23,26). The summed E-state index contributed by atoms with van der Waals surface area (Å²) in [5.41, 5.74) is 0.513. The Balaban J connectivity index is 1.39. The lowest BCUT2D eigenvalue weighted by molar-refractivity contribution is -0.121. The van der Waals surface area contributed by atoms with Crippen LogP contribution < -0.4 is 5.32 Å². The molecule has 2 fully saturated rings. The molecule has 2 unspecified atom stereocenters. The maximum Gasteiger partial charge on any atom is 0.257 e. The molecule has 7 heteroatoms. The van der Waals surface area contributed by atoms with E-state index in [0.29, 0.717) is 37.7 Å². The van der Waals surface area contributed by atoms with Crippen molar-refractivity contribution in [3.8, 4) is 0 Å². The first-order chi connectivity index (χ1) is 14.1. The molecule has 2 aliphatic heterocycles. The number of hydrogen-bond acceptors (Lipinski definition) is 5. The number of rotatable bonds is 10. The molecule has 1 aromatic heterocycles. The van der Waals surface area contributed by atoms with E-state index in [1.807, 2.05) is 0 Å². The summed E-state index contributed by atoms with van der Waals surface area (Å²) in [5, 5.41) is 3.01. The van der Waals surface area contributed by atoms with E-state index in [1.165, 1.54) is 38.3 Å². The molecule has 0 bridgehead atoms. The topological polar surface area (TPSA) is 75.0 Å². The van der Waals surface area contributed by atoms with Crippen molar-refractivity contribution in [3.63, 3.8) is 0 Å². The van der Waals surface area contributed by atoms with Crippen LogP contribution in [0.4, 0.5) is 0 Å². The third-order valence-electron chi connectivity index (χ3n) is 6.00. The summed E-state index contributed by atoms with van der Waals surface area (Å²) in [6.45, 7) is 6.83. The van der Waals surface area contributed by atoms with Crippen LogP contribution in [-0.2, 0) is 9.53 Å². The molecule has 1 N–H and O–H groups in total. The number of carbonyl (C=O) groups excluding carboxylic acids is 2. The molecule has 2 aliphatic rings. The van der Waals surface area contributed by atoms with Gasteiger partial charge in [-0.25, -0.2) is 0 Å². The van der Waals surface area contributed by atoms with E-state index >= 15 is 0 Å². The first-order valence-corrected chi connectivity index (χ1v) is 11.1. The number of nitrogens with one attached hydrogen (secondary N) is 1. The summed E-state index contributed by atoms with van der Waals surface area (Å²) in [5.74, 6) is -0.116. The zero-order valence-electron chi connectivity index (χ0n) is 17.6. The number of furan rings is 1. The van der Waals surface area contributed by atoms with Crippen LogP contribution in [0, 0.1) is 0 Å². The van der Waals surface area contributed by atoms with Gasteiger partial charge in [-0.1, -0.05) is 6.42 Å². The van der Waals surface area contributed by atoms with Crippen molar-refractivity contribution in [1.82, 2.24) is 15.1 Å². The Morgan fingerprint density at radius 3 is 2.90 bits per heavy atom. The van der Waals surface area contributed by atoms with Crippen LogP contribution in [-0.4, -0.2) is 73.1 Å². The molecule has 162 valence electrons. The molecular weight excluding hydrogens is 370 g/mol. The summed E-state index contributed by atoms with van der Waals surface area (Å²) < 4.78 is 10.7. The summed E-state index contributed by atoms with van der Waals surface area (Å²) >= 11 is 0. The molecule has 7 nitrogen and oxygen atoms in total. The van der Waals surface area contributed by atoms with Crippen molar-refractivity contribution in [1.29, 1.82) is 0 Å². The van der Waals surface area contributed by atoms with Crippen molar-refractivity contribution in [3.05, 3.63) is 24.2 Å². The predicted octanol–water partition coefficient (Wildman–Crippen LogP) is 2.67. The minimum atomic E-state index is -0.110. The van der Waals surface area contributed by atoms with Crippen LogP contribution in [0.2, 0.25) is 0 Å². The first-order valence-electron chi connectivity index (χ1n) is 11.1. The highest BCUT2D eigenvalue weighted by Crippen LogP contribution is 2.17. The lowest BCUT2D eigenvalue weighted by Gasteiger charge is -2.33. The van der Waals surface area contributed by atoms with Crippen molar-refractivity contribution in [2.45, 2.75) is 64.0 Å². The van der Waals surface area contributed by atoms with Gasteiger partial charge < -0.3 is 24.3 Å². The van der Waals surface area contributed by atoms with E-state index in [4.69, 9.17) is 9.15 Å². The first kappa shape index (κ1) is 21.8. The lowest BCUT2D eigenvalue weighted by Crippen LogP contribution is -2.40. The lowest BCUT2D eigenvalue weighted by atomic mass is 10.0. The Morgan fingerprint density at radius 2 is 2.17 bits per heavy atom. The highest BCUT2D eigenvalue weighted by Gasteiger charge is 2.24. The fourth-order valence-electron chi connectivity index (χ4n) is 4.20. The van der Waals surface area contributed by atoms with Crippen LogP contribution in [0.5, 0.6) is 0 Å². The zero-order valence-corrected chi connectivity index (χ0v) is 17.6. The quantitative estimate of drug-likeness (QED) is 0.606. The van der Waals surface area contributed by atoms with Gasteiger partial charge in [0.2, 0.25) is 5.91 Å². The number of amides is 2. The number of nitrogens with zero attached hydrogens (tertiary/aromatic N) is 2. The van der Waals surface area contributed by atoms with E-state index in [2.05, 4.69) is 17.1 Å². The molecular formula is C22H35N3O4. The molecule has 3 rings (SSSR count). The maximum absolute atomic E-state index is 12.7. The largest absolute Gasteiger partial charge is 0.472 e. The van der Waals surface area contributed by atoms with Crippen molar-refractivity contribution in [2.24, 2.45) is 0 Å². The van der Waals surface area contributed by atoms with E-state index in [0.717, 1.165) is 32.4 Å². The second-order valence-corrected chi connectivity index (χ2v) is 8.23. The number of piperidine rings is 1. The number of ether oxygens (including phenoxy) is 1. The minimum Gasteiger partial charge on any atom is -0.472 e. The van der Waals surface area contributed by atoms with Gasteiger partial charge in [0, 0.05) is 45.2 Å². The van der Waals surface area contributed by atoms with Gasteiger partial charge in [-0.3, -0.25) is 9.59 Å². The molecule has 29 heavy (non-hydrogen) atoms. The molecule has 0 radical (unpaired) electrons. The van der Waals surface area contributed by atoms with Crippen LogP contribution in [0.15, 0.2) is 23.0 Å². The van der Waals surface area contributed by atoms with E-state index in [1.54, 1.807) is 11.0 Å². The molecule has 0 aliphatic carbocycles. The summed E-state index contributed by atoms with van der Waals surface area (Å²) in [6.07, 6.45) is 10.1. The average molecular weight is 406 g/mol. The molecule has 3 heterocycles. The Bertz CT molecular complexity index is 628. The SMILES string of the molecule is CC1CCCCN1CCCNC(=O)CCN(CC1CCCO1)C(=O)c1ccoc1. The van der Waals surface area contributed by atoms with Crippen LogP contribution in [0.3, 0.4) is 0 Å². The zero-order chi connectivity index (χ0) is 20.5.